The van der Waals surface area contributed by atoms with Crippen LogP contribution in [0.3, 0.4) is 0 Å². The number of rotatable bonds is 4. The highest BCUT2D eigenvalue weighted by Crippen LogP contribution is 2.46. The Balaban J connectivity index is 1.24. The number of aliphatic hydroxyl groups is 1. The Kier molecular flexibility index (Phi) is 5.94. The third-order valence-corrected chi connectivity index (χ3v) is 9.74. The van der Waals surface area contributed by atoms with Crippen LogP contribution in [0.5, 0.6) is 6.01 Å². The molecular weight excluding hydrogens is 483 g/mol. The molecular formula is C30H39FN4O3. The van der Waals surface area contributed by atoms with Gasteiger partial charge >= 0.3 is 6.01 Å². The van der Waals surface area contributed by atoms with Gasteiger partial charge in [0.05, 0.1) is 29.0 Å². The SMILES string of the molecule is CC1(O)CCCN(c2nc(OCC34CCCN3CC(F)C4)nc3c2COC2(CCCc4ccccc42)C3)C1. The second-order valence-corrected chi connectivity index (χ2v) is 12.6. The number of β-amino-alcohol motifs (C(OH)–C–C–N with tert-alkyl or cyclic N) is 1. The molecule has 0 amide bonds. The molecule has 0 radical (unpaired) electrons. The molecule has 1 aromatic heterocycles. The Hall–Kier alpha value is -2.29. The number of benzene rings is 1. The summed E-state index contributed by atoms with van der Waals surface area (Å²) in [5.41, 5.74) is 3.23. The van der Waals surface area contributed by atoms with E-state index in [9.17, 15) is 9.50 Å². The van der Waals surface area contributed by atoms with Crippen molar-refractivity contribution < 1.29 is 19.0 Å². The second kappa shape index (κ2) is 9.14. The third-order valence-electron chi connectivity index (χ3n) is 9.74. The molecule has 7 nitrogen and oxygen atoms in total. The molecule has 7 rings (SSSR count). The Labute approximate surface area is 224 Å². The van der Waals surface area contributed by atoms with Gasteiger partial charge in [-0.05, 0) is 69.5 Å². The van der Waals surface area contributed by atoms with E-state index in [1.54, 1.807) is 0 Å². The standard InChI is InChI=1S/C30H39FN4O3/c1-28(36)10-5-13-34(19-28)26-23-18-38-30(12-4-8-21-7-2-3-9-24(21)30)16-25(23)32-27(33-26)37-20-29-11-6-14-35(29)17-22(31)15-29/h2-3,7,9,22,36H,4-6,8,10-20H2,1H3. The lowest BCUT2D eigenvalue weighted by molar-refractivity contribution is -0.0856. The van der Waals surface area contributed by atoms with E-state index < -0.39 is 11.8 Å². The average Bonchev–Trinajstić information content (AvgIpc) is 3.42. The summed E-state index contributed by atoms with van der Waals surface area (Å²) >= 11 is 0. The van der Waals surface area contributed by atoms with Crippen LogP contribution in [0.2, 0.25) is 0 Å². The van der Waals surface area contributed by atoms with Crippen molar-refractivity contribution in [3.63, 3.8) is 0 Å². The van der Waals surface area contributed by atoms with Crippen molar-refractivity contribution in [3.8, 4) is 6.01 Å². The molecule has 8 heteroatoms. The molecule has 3 fully saturated rings. The van der Waals surface area contributed by atoms with Crippen LogP contribution in [-0.2, 0) is 29.8 Å². The summed E-state index contributed by atoms with van der Waals surface area (Å²) in [6.45, 7) is 5.53. The van der Waals surface area contributed by atoms with Gasteiger partial charge in [0.1, 0.15) is 18.6 Å². The van der Waals surface area contributed by atoms with Gasteiger partial charge in [-0.3, -0.25) is 4.90 Å². The first kappa shape index (κ1) is 24.7. The lowest BCUT2D eigenvalue weighted by Gasteiger charge is -2.44. The molecule has 204 valence electrons. The number of aromatic nitrogens is 2. The van der Waals surface area contributed by atoms with Gasteiger partial charge in [0.25, 0.3) is 0 Å². The number of hydrogen-bond acceptors (Lipinski definition) is 7. The van der Waals surface area contributed by atoms with Crippen molar-refractivity contribution in [3.05, 3.63) is 46.6 Å². The summed E-state index contributed by atoms with van der Waals surface area (Å²) in [6.07, 6.45) is 7.25. The first-order chi connectivity index (χ1) is 18.3. The molecule has 4 aliphatic heterocycles. The van der Waals surface area contributed by atoms with Crippen LogP contribution in [0.15, 0.2) is 24.3 Å². The van der Waals surface area contributed by atoms with Gasteiger partial charge < -0.3 is 19.5 Å². The van der Waals surface area contributed by atoms with Gasteiger partial charge in [-0.15, -0.1) is 0 Å². The summed E-state index contributed by atoms with van der Waals surface area (Å²) in [5.74, 6) is 0.819. The van der Waals surface area contributed by atoms with Crippen LogP contribution in [0.25, 0.3) is 0 Å². The number of hydrogen-bond donors (Lipinski definition) is 1. The van der Waals surface area contributed by atoms with Crippen molar-refractivity contribution in [2.75, 3.05) is 37.7 Å². The molecule has 38 heavy (non-hydrogen) atoms. The van der Waals surface area contributed by atoms with E-state index in [1.165, 1.54) is 11.1 Å². The summed E-state index contributed by atoms with van der Waals surface area (Å²) < 4.78 is 27.5. The van der Waals surface area contributed by atoms with E-state index in [4.69, 9.17) is 19.4 Å². The van der Waals surface area contributed by atoms with E-state index in [0.29, 0.717) is 45.2 Å². The first-order valence-electron chi connectivity index (χ1n) is 14.5. The predicted molar refractivity (Wildman–Crippen MR) is 142 cm³/mol. The summed E-state index contributed by atoms with van der Waals surface area (Å²) in [4.78, 5) is 14.4. The fraction of sp³-hybridized carbons (Fsp3) is 0.667. The highest BCUT2D eigenvalue weighted by molar-refractivity contribution is 5.52. The molecule has 1 aliphatic carbocycles. The van der Waals surface area contributed by atoms with Crippen molar-refractivity contribution in [2.24, 2.45) is 0 Å². The third kappa shape index (κ3) is 4.20. The fourth-order valence-electron chi connectivity index (χ4n) is 7.91. The summed E-state index contributed by atoms with van der Waals surface area (Å²) in [7, 11) is 0. The number of alkyl halides is 1. The number of nitrogens with zero attached hydrogens (tertiary/aromatic N) is 4. The second-order valence-electron chi connectivity index (χ2n) is 12.6. The number of anilines is 1. The zero-order valence-electron chi connectivity index (χ0n) is 22.4. The average molecular weight is 523 g/mol. The zero-order valence-corrected chi connectivity index (χ0v) is 22.4. The van der Waals surface area contributed by atoms with Crippen molar-refractivity contribution in [1.82, 2.24) is 14.9 Å². The van der Waals surface area contributed by atoms with Crippen LogP contribution in [0, 0.1) is 0 Å². The Morgan fingerprint density at radius 2 is 2.00 bits per heavy atom. The van der Waals surface area contributed by atoms with Crippen LogP contribution >= 0.6 is 0 Å². The maximum absolute atomic E-state index is 14.4. The molecule has 1 aromatic carbocycles. The Morgan fingerprint density at radius 1 is 1.13 bits per heavy atom. The van der Waals surface area contributed by atoms with Gasteiger partial charge in [-0.2, -0.15) is 9.97 Å². The monoisotopic (exact) mass is 522 g/mol. The van der Waals surface area contributed by atoms with E-state index in [2.05, 4.69) is 34.1 Å². The maximum Gasteiger partial charge on any atom is 0.318 e. The lowest BCUT2D eigenvalue weighted by atomic mass is 9.75. The number of halogens is 1. The minimum atomic E-state index is -0.794. The van der Waals surface area contributed by atoms with Gasteiger partial charge in [-0.25, -0.2) is 4.39 Å². The minimum absolute atomic E-state index is 0.250. The smallest absolute Gasteiger partial charge is 0.318 e. The number of ether oxygens (including phenoxy) is 2. The number of aryl methyl sites for hydroxylation is 1. The normalized spacial score (nSPS) is 34.7. The van der Waals surface area contributed by atoms with Crippen LogP contribution in [0.4, 0.5) is 10.2 Å². The van der Waals surface area contributed by atoms with Gasteiger partial charge in [0.2, 0.25) is 0 Å². The Morgan fingerprint density at radius 3 is 2.89 bits per heavy atom. The molecule has 0 saturated carbocycles. The molecule has 1 spiro atoms. The number of fused-ring (bicyclic) bond motifs is 4. The van der Waals surface area contributed by atoms with Gasteiger partial charge in [0.15, 0.2) is 0 Å². The number of piperidine rings is 1. The molecule has 2 aromatic rings. The maximum atomic E-state index is 14.4. The molecule has 5 heterocycles. The molecule has 3 saturated heterocycles. The van der Waals surface area contributed by atoms with E-state index in [0.717, 1.165) is 75.1 Å². The van der Waals surface area contributed by atoms with Crippen LogP contribution in [-0.4, -0.2) is 70.1 Å². The van der Waals surface area contributed by atoms with E-state index in [1.807, 2.05) is 6.92 Å². The highest BCUT2D eigenvalue weighted by atomic mass is 19.1. The summed E-state index contributed by atoms with van der Waals surface area (Å²) in [6, 6.07) is 9.01. The molecule has 4 atom stereocenters. The van der Waals surface area contributed by atoms with Gasteiger partial charge in [-0.1, -0.05) is 24.3 Å². The Bertz CT molecular complexity index is 1220. The highest BCUT2D eigenvalue weighted by Gasteiger charge is 2.50. The van der Waals surface area contributed by atoms with Crippen molar-refractivity contribution in [2.45, 2.75) is 94.2 Å². The molecule has 0 bridgehead atoms. The topological polar surface area (TPSA) is 71.0 Å². The van der Waals surface area contributed by atoms with Crippen molar-refractivity contribution >= 4 is 5.82 Å². The van der Waals surface area contributed by atoms with E-state index >= 15 is 0 Å². The fourth-order valence-corrected chi connectivity index (χ4v) is 7.91. The summed E-state index contributed by atoms with van der Waals surface area (Å²) in [5, 5.41) is 10.9. The zero-order chi connectivity index (χ0) is 26.0. The largest absolute Gasteiger partial charge is 0.461 e. The molecule has 4 unspecified atom stereocenters. The van der Waals surface area contributed by atoms with E-state index in [-0.39, 0.29) is 11.1 Å². The molecule has 1 N–H and O–H groups in total. The lowest BCUT2D eigenvalue weighted by Crippen LogP contribution is -2.47. The quantitative estimate of drug-likeness (QED) is 0.649. The first-order valence-corrected chi connectivity index (χ1v) is 14.5. The van der Waals surface area contributed by atoms with Gasteiger partial charge in [0, 0.05) is 38.0 Å². The minimum Gasteiger partial charge on any atom is -0.461 e. The van der Waals surface area contributed by atoms with Crippen molar-refractivity contribution in [1.29, 1.82) is 0 Å². The molecule has 5 aliphatic rings. The van der Waals surface area contributed by atoms with Crippen LogP contribution in [0.1, 0.15) is 74.3 Å². The predicted octanol–water partition coefficient (Wildman–Crippen LogP) is 4.09. The van der Waals surface area contributed by atoms with Crippen LogP contribution < -0.4 is 9.64 Å².